The standard InChI is InChI=1S/C12H18/c1-5-6(2)10-11-7-3-4-8(7)12(10)9(5)11/h5-12H,3-4H2,1-2H3/t5-,6-,7?,8?,9?,10?,11?,12?/m0/s1. The molecule has 0 N–H and O–H groups in total. The first kappa shape index (κ1) is 6.45. The molecule has 6 aliphatic carbocycles. The van der Waals surface area contributed by atoms with Crippen LogP contribution in [0.2, 0.25) is 0 Å². The number of hydrogen-bond donors (Lipinski definition) is 0. The van der Waals surface area contributed by atoms with Gasteiger partial charge in [0.05, 0.1) is 0 Å². The number of fused-ring (bicyclic) bond motifs is 1. The van der Waals surface area contributed by atoms with Crippen LogP contribution < -0.4 is 0 Å². The molecule has 66 valence electrons. The fourth-order valence-electron chi connectivity index (χ4n) is 5.63. The van der Waals surface area contributed by atoms with Gasteiger partial charge in [0, 0.05) is 0 Å². The third kappa shape index (κ3) is 0.400. The minimum atomic E-state index is 1.08. The Labute approximate surface area is 74.7 Å². The first-order chi connectivity index (χ1) is 5.80. The SMILES string of the molecule is C[C@@H]1C2C3C4CCC4C2C3[C@H]1C. The van der Waals surface area contributed by atoms with Crippen molar-refractivity contribution >= 4 is 0 Å². The Kier molecular flexibility index (Phi) is 0.875. The van der Waals surface area contributed by atoms with Crippen molar-refractivity contribution in [3.8, 4) is 0 Å². The molecule has 0 aromatic heterocycles. The third-order valence-electron chi connectivity index (χ3n) is 6.19. The maximum Gasteiger partial charge on any atom is -0.0315 e. The summed E-state index contributed by atoms with van der Waals surface area (Å²) in [6.45, 7) is 5.04. The molecule has 6 rings (SSSR count). The lowest BCUT2D eigenvalue weighted by Gasteiger charge is -2.37. The van der Waals surface area contributed by atoms with Gasteiger partial charge < -0.3 is 0 Å². The molecule has 4 atom stereocenters. The van der Waals surface area contributed by atoms with E-state index >= 15 is 0 Å². The summed E-state index contributed by atoms with van der Waals surface area (Å²) in [7, 11) is 0. The van der Waals surface area contributed by atoms with Crippen molar-refractivity contribution in [2.45, 2.75) is 26.7 Å². The molecule has 4 bridgehead atoms. The van der Waals surface area contributed by atoms with Crippen LogP contribution in [-0.4, -0.2) is 0 Å². The Bertz CT molecular complexity index is 194. The maximum absolute atomic E-state index is 2.52. The van der Waals surface area contributed by atoms with Gasteiger partial charge in [-0.1, -0.05) is 13.8 Å². The summed E-state index contributed by atoms with van der Waals surface area (Å²) >= 11 is 0. The molecule has 12 heavy (non-hydrogen) atoms. The predicted octanol–water partition coefficient (Wildman–Crippen LogP) is 2.79. The molecular formula is C12H18. The lowest BCUT2D eigenvalue weighted by molar-refractivity contribution is 0.0987. The fraction of sp³-hybridized carbons (Fsp3) is 1.00. The molecule has 0 aromatic carbocycles. The van der Waals surface area contributed by atoms with E-state index in [1.165, 1.54) is 35.5 Å². The lowest BCUT2D eigenvalue weighted by Crippen LogP contribution is -2.33. The summed E-state index contributed by atoms with van der Waals surface area (Å²) in [6.07, 6.45) is 3.19. The summed E-state index contributed by atoms with van der Waals surface area (Å²) in [4.78, 5) is 0. The highest BCUT2D eigenvalue weighted by Crippen LogP contribution is 2.79. The van der Waals surface area contributed by atoms with E-state index in [9.17, 15) is 0 Å². The van der Waals surface area contributed by atoms with Crippen molar-refractivity contribution < 1.29 is 0 Å². The van der Waals surface area contributed by atoms with Crippen molar-refractivity contribution in [1.82, 2.24) is 0 Å². The van der Waals surface area contributed by atoms with Crippen molar-refractivity contribution in [2.75, 3.05) is 0 Å². The van der Waals surface area contributed by atoms with Crippen LogP contribution in [0, 0.1) is 47.3 Å². The van der Waals surface area contributed by atoms with E-state index in [1.54, 1.807) is 12.8 Å². The smallest absolute Gasteiger partial charge is 0.0315 e. The summed E-state index contributed by atoms with van der Waals surface area (Å²) in [5.41, 5.74) is 0. The normalized spacial score (nSPS) is 76.5. The van der Waals surface area contributed by atoms with E-state index in [4.69, 9.17) is 0 Å². The molecule has 0 heteroatoms. The second-order valence-corrected chi connectivity index (χ2v) is 5.93. The first-order valence-corrected chi connectivity index (χ1v) is 5.80. The van der Waals surface area contributed by atoms with E-state index < -0.39 is 0 Å². The zero-order valence-corrected chi connectivity index (χ0v) is 8.03. The van der Waals surface area contributed by atoms with E-state index in [2.05, 4.69) is 13.8 Å². The van der Waals surface area contributed by atoms with Crippen LogP contribution in [0.15, 0.2) is 0 Å². The number of hydrogen-bond acceptors (Lipinski definition) is 0. The highest BCUT2D eigenvalue weighted by molar-refractivity contribution is 5.22. The Morgan fingerprint density at radius 2 is 1.08 bits per heavy atom. The van der Waals surface area contributed by atoms with Crippen LogP contribution in [-0.2, 0) is 0 Å². The van der Waals surface area contributed by atoms with Crippen LogP contribution in [0.5, 0.6) is 0 Å². The fourth-order valence-corrected chi connectivity index (χ4v) is 5.63. The van der Waals surface area contributed by atoms with Gasteiger partial charge in [-0.25, -0.2) is 0 Å². The summed E-state index contributed by atoms with van der Waals surface area (Å²) < 4.78 is 0. The Hall–Kier alpha value is 0. The van der Waals surface area contributed by atoms with Crippen molar-refractivity contribution in [1.29, 1.82) is 0 Å². The van der Waals surface area contributed by atoms with Gasteiger partial charge in [-0.15, -0.1) is 0 Å². The maximum atomic E-state index is 2.52. The van der Waals surface area contributed by atoms with E-state index in [-0.39, 0.29) is 0 Å². The van der Waals surface area contributed by atoms with Gasteiger partial charge in [0.25, 0.3) is 0 Å². The quantitative estimate of drug-likeness (QED) is 0.514. The van der Waals surface area contributed by atoms with Crippen LogP contribution in [0.4, 0.5) is 0 Å². The largest absolute Gasteiger partial charge is 0.0620 e. The van der Waals surface area contributed by atoms with Crippen LogP contribution in [0.3, 0.4) is 0 Å². The Morgan fingerprint density at radius 3 is 1.42 bits per heavy atom. The Morgan fingerprint density at radius 1 is 0.667 bits per heavy atom. The zero-order valence-electron chi connectivity index (χ0n) is 8.03. The molecule has 6 saturated carbocycles. The molecule has 6 aliphatic rings. The molecule has 0 saturated heterocycles. The minimum absolute atomic E-state index is 1.08. The van der Waals surface area contributed by atoms with Crippen molar-refractivity contribution in [3.05, 3.63) is 0 Å². The molecule has 0 amide bonds. The molecule has 0 aliphatic heterocycles. The predicted molar refractivity (Wildman–Crippen MR) is 48.5 cm³/mol. The molecule has 0 nitrogen and oxygen atoms in total. The second-order valence-electron chi connectivity index (χ2n) is 5.93. The topological polar surface area (TPSA) is 0 Å². The highest BCUT2D eigenvalue weighted by Gasteiger charge is 2.74. The second kappa shape index (κ2) is 1.63. The van der Waals surface area contributed by atoms with Gasteiger partial charge in [-0.3, -0.25) is 0 Å². The average molecular weight is 162 g/mol. The molecule has 2 unspecified atom stereocenters. The first-order valence-electron chi connectivity index (χ1n) is 5.80. The molecule has 0 aromatic rings. The zero-order chi connectivity index (χ0) is 8.03. The van der Waals surface area contributed by atoms with Crippen LogP contribution in [0.1, 0.15) is 26.7 Å². The molecule has 0 spiro atoms. The number of rotatable bonds is 0. The minimum Gasteiger partial charge on any atom is -0.0620 e. The molecular weight excluding hydrogens is 144 g/mol. The van der Waals surface area contributed by atoms with Gasteiger partial charge in [0.15, 0.2) is 0 Å². The third-order valence-corrected chi connectivity index (χ3v) is 6.19. The summed E-state index contributed by atoms with van der Waals surface area (Å²) in [6, 6.07) is 0. The average Bonchev–Trinajstić information content (AvgIpc) is 2.47. The van der Waals surface area contributed by atoms with Crippen LogP contribution in [0.25, 0.3) is 0 Å². The lowest BCUT2D eigenvalue weighted by atomic mass is 9.68. The van der Waals surface area contributed by atoms with Crippen molar-refractivity contribution in [3.63, 3.8) is 0 Å². The van der Waals surface area contributed by atoms with Gasteiger partial charge in [0.1, 0.15) is 0 Å². The van der Waals surface area contributed by atoms with Gasteiger partial charge >= 0.3 is 0 Å². The monoisotopic (exact) mass is 162 g/mol. The van der Waals surface area contributed by atoms with Gasteiger partial charge in [-0.2, -0.15) is 0 Å². The molecule has 6 fully saturated rings. The Balaban J connectivity index is 1.80. The van der Waals surface area contributed by atoms with Crippen molar-refractivity contribution in [2.24, 2.45) is 47.3 Å². The summed E-state index contributed by atoms with van der Waals surface area (Å²) in [5, 5.41) is 0. The summed E-state index contributed by atoms with van der Waals surface area (Å²) in [5.74, 6) is 9.43. The van der Waals surface area contributed by atoms with Gasteiger partial charge in [-0.05, 0) is 60.2 Å². The van der Waals surface area contributed by atoms with Crippen LogP contribution >= 0.6 is 0 Å². The van der Waals surface area contributed by atoms with E-state index in [1.807, 2.05) is 0 Å². The van der Waals surface area contributed by atoms with E-state index in [0.29, 0.717) is 0 Å². The molecule has 0 heterocycles. The molecule has 0 radical (unpaired) electrons. The van der Waals surface area contributed by atoms with E-state index in [0.717, 1.165) is 11.8 Å². The van der Waals surface area contributed by atoms with Gasteiger partial charge in [0.2, 0.25) is 0 Å². The highest BCUT2D eigenvalue weighted by atomic mass is 14.8.